The molecule has 2 N–H and O–H groups in total. The van der Waals surface area contributed by atoms with Crippen molar-refractivity contribution in [2.45, 2.75) is 91.0 Å². The number of H-pyrrole nitrogens is 1. The fraction of sp³-hybridized carbons (Fsp3) is 0.553. The summed E-state index contributed by atoms with van der Waals surface area (Å²) in [5.41, 5.74) is 8.20. The number of carbonyl (C=O) groups excluding carboxylic acids is 2. The number of amides is 2. The van der Waals surface area contributed by atoms with E-state index in [9.17, 15) is 9.59 Å². The van der Waals surface area contributed by atoms with Gasteiger partial charge in [-0.1, -0.05) is 38.0 Å². The van der Waals surface area contributed by atoms with E-state index < -0.39 is 0 Å². The molecule has 0 radical (unpaired) electrons. The van der Waals surface area contributed by atoms with Crippen molar-refractivity contribution >= 4 is 11.8 Å². The third-order valence-electron chi connectivity index (χ3n) is 10.9. The molecule has 3 fully saturated rings. The zero-order chi connectivity index (χ0) is 31.7. The highest BCUT2D eigenvalue weighted by Crippen LogP contribution is 2.41. The van der Waals surface area contributed by atoms with Gasteiger partial charge >= 0.3 is 6.03 Å². The summed E-state index contributed by atoms with van der Waals surface area (Å²) in [5, 5.41) is 3.27. The average Bonchev–Trinajstić information content (AvgIpc) is 3.77. The molecule has 3 saturated heterocycles. The Labute approximate surface area is 269 Å². The number of Topliss-reactive ketones (excluding diaryl/α,β-unsaturated/α-hetero) is 1. The maximum absolute atomic E-state index is 13.8. The maximum atomic E-state index is 13.8. The van der Waals surface area contributed by atoms with Crippen molar-refractivity contribution < 1.29 is 9.59 Å². The number of aromatic nitrogens is 2. The van der Waals surface area contributed by atoms with E-state index in [1.54, 1.807) is 0 Å². The van der Waals surface area contributed by atoms with Crippen LogP contribution in [0.1, 0.15) is 92.5 Å². The molecule has 2 bridgehead atoms. The molecule has 0 spiro atoms. The van der Waals surface area contributed by atoms with Crippen molar-refractivity contribution in [1.29, 1.82) is 0 Å². The molecular formula is C38H51N5O2. The molecule has 2 atom stereocenters. The van der Waals surface area contributed by atoms with Crippen molar-refractivity contribution in [2.24, 2.45) is 11.3 Å². The van der Waals surface area contributed by atoms with Gasteiger partial charge in [0.15, 0.2) is 5.78 Å². The van der Waals surface area contributed by atoms with Crippen LogP contribution in [0.25, 0.3) is 11.3 Å². The summed E-state index contributed by atoms with van der Waals surface area (Å²) in [6, 6.07) is 11.0. The molecule has 0 aliphatic carbocycles. The lowest BCUT2D eigenvalue weighted by Crippen LogP contribution is -2.45. The zero-order valence-corrected chi connectivity index (χ0v) is 27.9. The number of carbonyl (C=O) groups is 2. The van der Waals surface area contributed by atoms with E-state index in [1.165, 1.54) is 46.2 Å². The van der Waals surface area contributed by atoms with E-state index in [4.69, 9.17) is 0 Å². The molecule has 7 heteroatoms. The molecular weight excluding hydrogens is 558 g/mol. The van der Waals surface area contributed by atoms with Crippen molar-refractivity contribution in [3.05, 3.63) is 76.7 Å². The molecule has 2 amide bonds. The third kappa shape index (κ3) is 6.74. The minimum Gasteiger partial charge on any atom is -0.361 e. The number of piperidine rings is 2. The number of rotatable bonds is 10. The van der Waals surface area contributed by atoms with Gasteiger partial charge in [0.25, 0.3) is 0 Å². The molecule has 0 saturated carbocycles. The number of nitrogens with one attached hydrogen (secondary N) is 2. The molecule has 1 aromatic carbocycles. The van der Waals surface area contributed by atoms with Crippen LogP contribution in [0.5, 0.6) is 0 Å². The van der Waals surface area contributed by atoms with Gasteiger partial charge in [0.2, 0.25) is 0 Å². The van der Waals surface area contributed by atoms with Crippen LogP contribution in [0.3, 0.4) is 0 Å². The molecule has 3 aromatic rings. The SMILES string of the molecule is Cc1cc(C)cc(-c2[nH]cc(CCC(C)(C)C(=O)C3C4CCN3CC4)c2[C@H](C)CNC(=O)N2CCC(c3ccncc3)CC2)c1. The predicted octanol–water partition coefficient (Wildman–Crippen LogP) is 7.01. The summed E-state index contributed by atoms with van der Waals surface area (Å²) in [7, 11) is 0. The van der Waals surface area contributed by atoms with Crippen LogP contribution >= 0.6 is 0 Å². The highest BCUT2D eigenvalue weighted by molar-refractivity contribution is 5.90. The normalized spacial score (nSPS) is 22.5. The number of likely N-dealkylation sites (tertiary alicyclic amines) is 1. The van der Waals surface area contributed by atoms with E-state index in [0.717, 1.165) is 57.6 Å². The van der Waals surface area contributed by atoms with Crippen LogP contribution in [0, 0.1) is 25.2 Å². The number of ketones is 1. The molecule has 6 rings (SSSR count). The smallest absolute Gasteiger partial charge is 0.317 e. The van der Waals surface area contributed by atoms with Crippen LogP contribution < -0.4 is 5.32 Å². The minimum absolute atomic E-state index is 0.0213. The van der Waals surface area contributed by atoms with Crippen LogP contribution in [0.15, 0.2) is 48.9 Å². The summed E-state index contributed by atoms with van der Waals surface area (Å²) < 4.78 is 0. The number of aryl methyl sites for hydroxylation is 3. The van der Waals surface area contributed by atoms with Gasteiger partial charge in [-0.05, 0) is 124 Å². The van der Waals surface area contributed by atoms with Gasteiger partial charge < -0.3 is 15.2 Å². The van der Waals surface area contributed by atoms with Crippen molar-refractivity contribution in [3.8, 4) is 11.3 Å². The molecule has 2 aromatic heterocycles. The van der Waals surface area contributed by atoms with Crippen molar-refractivity contribution in [3.63, 3.8) is 0 Å². The van der Waals surface area contributed by atoms with Crippen LogP contribution in [-0.2, 0) is 11.2 Å². The second-order valence-electron chi connectivity index (χ2n) is 14.7. The first kappa shape index (κ1) is 31.5. The lowest BCUT2D eigenvalue weighted by molar-refractivity contribution is -0.131. The first-order valence-electron chi connectivity index (χ1n) is 17.1. The van der Waals surface area contributed by atoms with Crippen molar-refractivity contribution in [2.75, 3.05) is 32.7 Å². The van der Waals surface area contributed by atoms with E-state index >= 15 is 0 Å². The Morgan fingerprint density at radius 3 is 2.29 bits per heavy atom. The Hall–Kier alpha value is -3.45. The number of hydrogen-bond donors (Lipinski definition) is 2. The highest BCUT2D eigenvalue weighted by atomic mass is 16.2. The van der Waals surface area contributed by atoms with Crippen LogP contribution in [0.4, 0.5) is 4.79 Å². The molecule has 45 heavy (non-hydrogen) atoms. The number of pyridine rings is 1. The molecule has 5 heterocycles. The first-order chi connectivity index (χ1) is 21.6. The lowest BCUT2D eigenvalue weighted by Gasteiger charge is -2.32. The van der Waals surface area contributed by atoms with E-state index in [1.807, 2.05) is 17.3 Å². The van der Waals surface area contributed by atoms with Gasteiger partial charge in [0.1, 0.15) is 0 Å². The second kappa shape index (κ2) is 13.1. The number of urea groups is 1. The van der Waals surface area contributed by atoms with Gasteiger partial charge in [0.05, 0.1) is 6.04 Å². The van der Waals surface area contributed by atoms with E-state index in [-0.39, 0.29) is 23.4 Å². The maximum Gasteiger partial charge on any atom is 0.317 e. The molecule has 7 nitrogen and oxygen atoms in total. The molecule has 3 aliphatic heterocycles. The Morgan fingerprint density at radius 2 is 1.67 bits per heavy atom. The second-order valence-corrected chi connectivity index (χ2v) is 14.7. The number of benzene rings is 1. The Bertz CT molecular complexity index is 1460. The van der Waals surface area contributed by atoms with E-state index in [0.29, 0.717) is 24.2 Å². The standard InChI is InChI=1S/C38H51N5O2/c1-25-20-26(2)22-32(21-25)34-33(27(3)23-41-37(45)43-18-9-29(10-19-43)28-7-14-39-15-8-28)31(24-40-34)6-13-38(4,5)36(44)35-30-11-16-42(35)17-12-30/h7-8,14-15,20-22,24,27,29-30,35,40H,6,9-13,16-19,23H2,1-5H3,(H,41,45)/t27-,35?/m1/s1. The number of nitrogens with zero attached hydrogens (tertiary/aromatic N) is 3. The highest BCUT2D eigenvalue weighted by Gasteiger charge is 2.47. The summed E-state index contributed by atoms with van der Waals surface area (Å²) in [5.74, 6) is 1.55. The molecule has 3 aliphatic rings. The predicted molar refractivity (Wildman–Crippen MR) is 180 cm³/mol. The summed E-state index contributed by atoms with van der Waals surface area (Å²) >= 11 is 0. The fourth-order valence-corrected chi connectivity index (χ4v) is 8.27. The fourth-order valence-electron chi connectivity index (χ4n) is 8.27. The molecule has 1 unspecified atom stereocenters. The van der Waals surface area contributed by atoms with Crippen molar-refractivity contribution in [1.82, 2.24) is 25.1 Å². The minimum atomic E-state index is -0.385. The summed E-state index contributed by atoms with van der Waals surface area (Å²) in [6.07, 6.45) is 11.8. The zero-order valence-electron chi connectivity index (χ0n) is 27.9. The topological polar surface area (TPSA) is 81.3 Å². The average molecular weight is 610 g/mol. The van der Waals surface area contributed by atoms with Gasteiger partial charge in [-0.2, -0.15) is 0 Å². The Morgan fingerprint density at radius 1 is 1.00 bits per heavy atom. The Balaban J connectivity index is 1.15. The summed E-state index contributed by atoms with van der Waals surface area (Å²) in [6.45, 7) is 15.0. The quantitative estimate of drug-likeness (QED) is 0.259. The van der Waals surface area contributed by atoms with Gasteiger partial charge in [-0.25, -0.2) is 4.79 Å². The van der Waals surface area contributed by atoms with Crippen LogP contribution in [-0.4, -0.2) is 70.3 Å². The van der Waals surface area contributed by atoms with Crippen LogP contribution in [0.2, 0.25) is 0 Å². The number of aromatic amines is 1. The monoisotopic (exact) mass is 609 g/mol. The summed E-state index contributed by atoms with van der Waals surface area (Å²) in [4.78, 5) is 39.3. The number of fused-ring (bicyclic) bond motifs is 2. The van der Waals surface area contributed by atoms with Gasteiger partial charge in [0, 0.05) is 55.3 Å². The largest absolute Gasteiger partial charge is 0.361 e. The number of hydrogen-bond acceptors (Lipinski definition) is 4. The lowest BCUT2D eigenvalue weighted by atomic mass is 9.76. The van der Waals surface area contributed by atoms with Gasteiger partial charge in [-0.15, -0.1) is 0 Å². The third-order valence-corrected chi connectivity index (χ3v) is 10.9. The Kier molecular flexibility index (Phi) is 9.19. The first-order valence-corrected chi connectivity index (χ1v) is 17.1. The van der Waals surface area contributed by atoms with Gasteiger partial charge in [-0.3, -0.25) is 14.7 Å². The van der Waals surface area contributed by atoms with E-state index in [2.05, 4.69) is 91.3 Å². The molecule has 240 valence electrons.